The van der Waals surface area contributed by atoms with Gasteiger partial charge < -0.3 is 9.84 Å². The van der Waals surface area contributed by atoms with E-state index in [0.29, 0.717) is 5.92 Å². The number of aliphatic hydroxyl groups is 1. The average Bonchev–Trinajstić information content (AvgIpc) is 3.09. The minimum Gasteiger partial charge on any atom is -0.387 e. The molecule has 1 aliphatic carbocycles. The van der Waals surface area contributed by atoms with Gasteiger partial charge in [0.2, 0.25) is 0 Å². The van der Waals surface area contributed by atoms with E-state index in [9.17, 15) is 5.11 Å². The van der Waals surface area contributed by atoms with Gasteiger partial charge in [0.1, 0.15) is 0 Å². The minimum absolute atomic E-state index is 0.0690. The van der Waals surface area contributed by atoms with Crippen LogP contribution in [0.3, 0.4) is 0 Å². The fourth-order valence-electron chi connectivity index (χ4n) is 3.94. The minimum atomic E-state index is -0.398. The van der Waals surface area contributed by atoms with E-state index < -0.39 is 6.10 Å². The number of ether oxygens (including phenoxy) is 1. The van der Waals surface area contributed by atoms with Gasteiger partial charge in [-0.1, -0.05) is 19.8 Å². The van der Waals surface area contributed by atoms with Crippen molar-refractivity contribution in [3.8, 4) is 0 Å². The van der Waals surface area contributed by atoms with E-state index in [1.54, 1.807) is 6.20 Å². The van der Waals surface area contributed by atoms with Crippen LogP contribution in [0.15, 0.2) is 12.3 Å². The molecule has 4 nitrogen and oxygen atoms in total. The maximum absolute atomic E-state index is 10.8. The van der Waals surface area contributed by atoms with Crippen molar-refractivity contribution in [2.75, 3.05) is 6.61 Å². The largest absolute Gasteiger partial charge is 0.387 e. The number of rotatable bonds is 4. The molecule has 2 aliphatic rings. The zero-order chi connectivity index (χ0) is 14.0. The lowest BCUT2D eigenvalue weighted by Crippen LogP contribution is -2.39. The molecular formula is C16H26N2O2. The van der Waals surface area contributed by atoms with E-state index in [2.05, 4.69) is 12.0 Å². The standard InChI is InChI=1S/C16H26N2O2/c1-2-10-18-14(5-9-17-18)15(19)13-6-11-20-16(12-13)7-3-4-8-16/h5,9,13,15,19H,2-4,6-8,10-12H2,1H3. The highest BCUT2D eigenvalue weighted by molar-refractivity contribution is 5.07. The first-order valence-electron chi connectivity index (χ1n) is 8.08. The summed E-state index contributed by atoms with van der Waals surface area (Å²) in [6.45, 7) is 3.82. The molecule has 1 saturated carbocycles. The monoisotopic (exact) mass is 278 g/mol. The number of aliphatic hydroxyl groups excluding tert-OH is 1. The molecule has 0 bridgehead atoms. The van der Waals surface area contributed by atoms with E-state index in [4.69, 9.17) is 4.74 Å². The Kier molecular flexibility index (Phi) is 4.13. The van der Waals surface area contributed by atoms with Gasteiger partial charge in [0.25, 0.3) is 0 Å². The summed E-state index contributed by atoms with van der Waals surface area (Å²) in [5.74, 6) is 0.314. The van der Waals surface area contributed by atoms with Crippen molar-refractivity contribution in [3.63, 3.8) is 0 Å². The predicted molar refractivity (Wildman–Crippen MR) is 77.4 cm³/mol. The van der Waals surface area contributed by atoms with Gasteiger partial charge in [-0.15, -0.1) is 0 Å². The van der Waals surface area contributed by atoms with Gasteiger partial charge in [0.05, 0.1) is 17.4 Å². The van der Waals surface area contributed by atoms with Crippen molar-refractivity contribution < 1.29 is 9.84 Å². The van der Waals surface area contributed by atoms with Crippen LogP contribution in [0.2, 0.25) is 0 Å². The van der Waals surface area contributed by atoms with Crippen molar-refractivity contribution in [3.05, 3.63) is 18.0 Å². The summed E-state index contributed by atoms with van der Waals surface area (Å²) < 4.78 is 8.03. The molecule has 2 heterocycles. The SMILES string of the molecule is CCCn1nccc1C(O)C1CCOC2(CCCC2)C1. The smallest absolute Gasteiger partial charge is 0.0986 e. The van der Waals surface area contributed by atoms with Crippen LogP contribution in [0, 0.1) is 5.92 Å². The van der Waals surface area contributed by atoms with Gasteiger partial charge in [0.15, 0.2) is 0 Å². The lowest BCUT2D eigenvalue weighted by atomic mass is 9.81. The van der Waals surface area contributed by atoms with Gasteiger partial charge in [0, 0.05) is 19.3 Å². The van der Waals surface area contributed by atoms with Crippen molar-refractivity contribution in [2.24, 2.45) is 5.92 Å². The van der Waals surface area contributed by atoms with Gasteiger partial charge in [-0.25, -0.2) is 0 Å². The van der Waals surface area contributed by atoms with Gasteiger partial charge in [-0.3, -0.25) is 4.68 Å². The van der Waals surface area contributed by atoms with E-state index in [0.717, 1.165) is 38.1 Å². The van der Waals surface area contributed by atoms with Crippen LogP contribution in [0.4, 0.5) is 0 Å². The topological polar surface area (TPSA) is 47.3 Å². The second-order valence-corrected chi connectivity index (χ2v) is 6.42. The maximum Gasteiger partial charge on any atom is 0.0986 e. The molecular weight excluding hydrogens is 252 g/mol. The Morgan fingerprint density at radius 2 is 2.30 bits per heavy atom. The number of hydrogen-bond acceptors (Lipinski definition) is 3. The molecule has 20 heavy (non-hydrogen) atoms. The van der Waals surface area contributed by atoms with E-state index in [1.807, 2.05) is 10.7 Å². The molecule has 3 rings (SSSR count). The van der Waals surface area contributed by atoms with Crippen molar-refractivity contribution in [1.29, 1.82) is 0 Å². The maximum atomic E-state index is 10.8. The van der Waals surface area contributed by atoms with E-state index >= 15 is 0 Å². The molecule has 1 aromatic heterocycles. The first-order chi connectivity index (χ1) is 9.74. The third-order valence-corrected chi connectivity index (χ3v) is 4.98. The Bertz CT molecular complexity index is 437. The number of aryl methyl sites for hydroxylation is 1. The summed E-state index contributed by atoms with van der Waals surface area (Å²) in [5, 5.41) is 15.1. The summed E-state index contributed by atoms with van der Waals surface area (Å²) >= 11 is 0. The van der Waals surface area contributed by atoms with Crippen LogP contribution in [-0.2, 0) is 11.3 Å². The van der Waals surface area contributed by atoms with Crippen molar-refractivity contribution in [1.82, 2.24) is 9.78 Å². The molecule has 4 heteroatoms. The van der Waals surface area contributed by atoms with E-state index in [-0.39, 0.29) is 5.60 Å². The van der Waals surface area contributed by atoms with E-state index in [1.165, 1.54) is 25.7 Å². The Morgan fingerprint density at radius 3 is 3.05 bits per heavy atom. The zero-order valence-corrected chi connectivity index (χ0v) is 12.4. The second kappa shape index (κ2) is 5.86. The Balaban J connectivity index is 1.72. The third-order valence-electron chi connectivity index (χ3n) is 4.98. The molecule has 2 unspecified atom stereocenters. The molecule has 1 aliphatic heterocycles. The molecule has 1 N–H and O–H groups in total. The molecule has 1 aromatic rings. The molecule has 0 radical (unpaired) electrons. The molecule has 2 fully saturated rings. The summed E-state index contributed by atoms with van der Waals surface area (Å²) in [5.41, 5.74) is 1.05. The Labute approximate surface area is 121 Å². The van der Waals surface area contributed by atoms with Crippen LogP contribution in [0.5, 0.6) is 0 Å². The number of aromatic nitrogens is 2. The summed E-state index contributed by atoms with van der Waals surface area (Å²) in [6.07, 6.45) is 9.30. The zero-order valence-electron chi connectivity index (χ0n) is 12.4. The summed E-state index contributed by atoms with van der Waals surface area (Å²) in [6, 6.07) is 1.97. The van der Waals surface area contributed by atoms with Crippen LogP contribution in [0.1, 0.15) is 63.7 Å². The molecule has 0 aromatic carbocycles. The van der Waals surface area contributed by atoms with Gasteiger partial charge in [-0.2, -0.15) is 5.10 Å². The first-order valence-corrected chi connectivity index (χ1v) is 8.08. The molecule has 2 atom stereocenters. The second-order valence-electron chi connectivity index (χ2n) is 6.42. The van der Waals surface area contributed by atoms with Crippen molar-refractivity contribution >= 4 is 0 Å². The Hall–Kier alpha value is -0.870. The summed E-state index contributed by atoms with van der Waals surface area (Å²) in [4.78, 5) is 0. The van der Waals surface area contributed by atoms with Crippen LogP contribution < -0.4 is 0 Å². The lowest BCUT2D eigenvalue weighted by Gasteiger charge is -2.40. The summed E-state index contributed by atoms with van der Waals surface area (Å²) in [7, 11) is 0. The fourth-order valence-corrected chi connectivity index (χ4v) is 3.94. The normalized spacial score (nSPS) is 27.0. The fraction of sp³-hybridized carbons (Fsp3) is 0.812. The number of nitrogens with zero attached hydrogens (tertiary/aromatic N) is 2. The number of hydrogen-bond donors (Lipinski definition) is 1. The predicted octanol–water partition coefficient (Wildman–Crippen LogP) is 3.07. The highest BCUT2D eigenvalue weighted by Gasteiger charge is 2.42. The van der Waals surface area contributed by atoms with Crippen LogP contribution >= 0.6 is 0 Å². The van der Waals surface area contributed by atoms with Gasteiger partial charge in [-0.05, 0) is 44.1 Å². The quantitative estimate of drug-likeness (QED) is 0.920. The molecule has 1 spiro atoms. The Morgan fingerprint density at radius 1 is 1.50 bits per heavy atom. The third kappa shape index (κ3) is 2.63. The van der Waals surface area contributed by atoms with Crippen molar-refractivity contribution in [2.45, 2.75) is 70.1 Å². The molecule has 1 saturated heterocycles. The highest BCUT2D eigenvalue weighted by atomic mass is 16.5. The average molecular weight is 278 g/mol. The van der Waals surface area contributed by atoms with Crippen LogP contribution in [0.25, 0.3) is 0 Å². The first kappa shape index (κ1) is 14.1. The lowest BCUT2D eigenvalue weighted by molar-refractivity contribution is -0.114. The van der Waals surface area contributed by atoms with Crippen LogP contribution in [-0.4, -0.2) is 27.1 Å². The van der Waals surface area contributed by atoms with Gasteiger partial charge >= 0.3 is 0 Å². The highest BCUT2D eigenvalue weighted by Crippen LogP contribution is 2.45. The molecule has 0 amide bonds. The molecule has 112 valence electrons.